The molecule has 0 amide bonds. The van der Waals surface area contributed by atoms with Crippen molar-refractivity contribution in [3.8, 4) is 0 Å². The minimum Gasteiger partial charge on any atom is -0.463 e. The molecule has 0 spiro atoms. The van der Waals surface area contributed by atoms with Gasteiger partial charge in [-0.2, -0.15) is 0 Å². The van der Waals surface area contributed by atoms with Crippen molar-refractivity contribution in [2.45, 2.75) is 64.6 Å². The van der Waals surface area contributed by atoms with Gasteiger partial charge in [0.25, 0.3) is 0 Å². The molecule has 0 aliphatic rings. The molecule has 0 atom stereocenters. The third-order valence-electron chi connectivity index (χ3n) is 2.35. The van der Waals surface area contributed by atoms with Gasteiger partial charge in [-0.1, -0.05) is 12.1 Å². The molecule has 4 nitrogen and oxygen atoms in total. The maximum atomic E-state index is 11.2. The molecule has 0 aromatic heterocycles. The van der Waals surface area contributed by atoms with Crippen molar-refractivity contribution < 1.29 is 18.4 Å². The summed E-state index contributed by atoms with van der Waals surface area (Å²) < 4.78 is 17.4. The standard InChI is InChI=1S/C14H32O4Si3/c1-8-10-13(15)16-11-9-12-19-14(17-20(2,3)4)18-21(5,6)7/h8,10,14H,9,11-12,19H2,1-7H3. The molecular weight excluding hydrogens is 316 g/mol. The van der Waals surface area contributed by atoms with Gasteiger partial charge in [-0.15, -0.1) is 0 Å². The smallest absolute Gasteiger partial charge is 0.330 e. The third kappa shape index (κ3) is 14.5. The molecule has 0 saturated carbocycles. The molecule has 0 fully saturated rings. The van der Waals surface area contributed by atoms with Gasteiger partial charge in [0.1, 0.15) is 5.91 Å². The first-order valence-electron chi connectivity index (χ1n) is 7.68. The lowest BCUT2D eigenvalue weighted by Gasteiger charge is -2.31. The van der Waals surface area contributed by atoms with Crippen molar-refractivity contribution >= 4 is 32.1 Å². The second-order valence-electron chi connectivity index (χ2n) is 7.05. The minimum absolute atomic E-state index is 0.0228. The lowest BCUT2D eigenvalue weighted by Crippen LogP contribution is -2.43. The lowest BCUT2D eigenvalue weighted by atomic mass is 10.5. The van der Waals surface area contributed by atoms with E-state index in [-0.39, 0.29) is 11.9 Å². The monoisotopic (exact) mass is 348 g/mol. The average Bonchev–Trinajstić information content (AvgIpc) is 2.24. The van der Waals surface area contributed by atoms with Crippen LogP contribution in [-0.2, 0) is 18.4 Å². The fourth-order valence-electron chi connectivity index (χ4n) is 1.70. The maximum absolute atomic E-state index is 11.2. The number of carbonyl (C=O) groups is 1. The highest BCUT2D eigenvalue weighted by molar-refractivity contribution is 6.71. The summed E-state index contributed by atoms with van der Waals surface area (Å²) in [5, 5.41) is 0. The number of carbonyl (C=O) groups excluding carboxylic acids is 1. The average molecular weight is 349 g/mol. The Kier molecular flexibility index (Phi) is 9.63. The Morgan fingerprint density at radius 1 is 1.10 bits per heavy atom. The van der Waals surface area contributed by atoms with Gasteiger partial charge in [-0.25, -0.2) is 4.79 Å². The van der Waals surface area contributed by atoms with Crippen molar-refractivity contribution in [2.75, 3.05) is 6.61 Å². The van der Waals surface area contributed by atoms with Crippen LogP contribution in [0.2, 0.25) is 45.3 Å². The molecule has 0 N–H and O–H groups in total. The quantitative estimate of drug-likeness (QED) is 0.200. The second-order valence-corrected chi connectivity index (χ2v) is 17.9. The van der Waals surface area contributed by atoms with E-state index in [1.54, 1.807) is 13.0 Å². The van der Waals surface area contributed by atoms with Gasteiger partial charge >= 0.3 is 5.97 Å². The number of rotatable bonds is 10. The second kappa shape index (κ2) is 9.73. The first-order chi connectivity index (χ1) is 9.53. The van der Waals surface area contributed by atoms with Crippen LogP contribution in [0, 0.1) is 0 Å². The fourth-order valence-corrected chi connectivity index (χ4v) is 8.24. The van der Waals surface area contributed by atoms with E-state index in [9.17, 15) is 4.79 Å². The van der Waals surface area contributed by atoms with E-state index in [0.717, 1.165) is 12.5 Å². The highest BCUT2D eigenvalue weighted by Crippen LogP contribution is 2.14. The van der Waals surface area contributed by atoms with Crippen molar-refractivity contribution in [2.24, 2.45) is 0 Å². The van der Waals surface area contributed by atoms with E-state index >= 15 is 0 Å². The van der Waals surface area contributed by atoms with Crippen molar-refractivity contribution in [1.82, 2.24) is 0 Å². The van der Waals surface area contributed by atoms with E-state index in [4.69, 9.17) is 13.6 Å². The molecule has 21 heavy (non-hydrogen) atoms. The van der Waals surface area contributed by atoms with Crippen LogP contribution < -0.4 is 0 Å². The molecule has 0 bridgehead atoms. The van der Waals surface area contributed by atoms with Crippen LogP contribution in [0.3, 0.4) is 0 Å². The zero-order valence-electron chi connectivity index (χ0n) is 14.7. The van der Waals surface area contributed by atoms with Gasteiger partial charge in [-0.3, -0.25) is 0 Å². The maximum Gasteiger partial charge on any atom is 0.330 e. The van der Waals surface area contributed by atoms with E-state index in [1.165, 1.54) is 6.08 Å². The van der Waals surface area contributed by atoms with Gasteiger partial charge in [0.2, 0.25) is 0 Å². The first kappa shape index (κ1) is 20.8. The molecule has 124 valence electrons. The predicted octanol–water partition coefficient (Wildman–Crippen LogP) is 3.07. The van der Waals surface area contributed by atoms with Crippen molar-refractivity contribution in [1.29, 1.82) is 0 Å². The van der Waals surface area contributed by atoms with Gasteiger partial charge in [0.15, 0.2) is 16.6 Å². The van der Waals surface area contributed by atoms with Crippen LogP contribution in [0.4, 0.5) is 0 Å². The summed E-state index contributed by atoms with van der Waals surface area (Å²) in [5.41, 5.74) is 0. The number of hydrogen-bond donors (Lipinski definition) is 0. The first-order valence-corrected chi connectivity index (χ1v) is 16.3. The van der Waals surface area contributed by atoms with E-state index in [1.807, 2.05) is 0 Å². The summed E-state index contributed by atoms with van der Waals surface area (Å²) >= 11 is 0. The van der Waals surface area contributed by atoms with Gasteiger partial charge < -0.3 is 13.6 Å². The lowest BCUT2D eigenvalue weighted by molar-refractivity contribution is -0.137. The summed E-state index contributed by atoms with van der Waals surface area (Å²) in [4.78, 5) is 11.2. The molecule has 0 radical (unpaired) electrons. The molecule has 0 aromatic carbocycles. The third-order valence-corrected chi connectivity index (χ3v) is 6.67. The van der Waals surface area contributed by atoms with Crippen LogP contribution in [0.5, 0.6) is 0 Å². The summed E-state index contributed by atoms with van der Waals surface area (Å²) in [5.74, 6) is -0.234. The molecule has 0 heterocycles. The largest absolute Gasteiger partial charge is 0.463 e. The highest BCUT2D eigenvalue weighted by atomic mass is 28.4. The molecule has 0 aliphatic heterocycles. The van der Waals surface area contributed by atoms with E-state index < -0.39 is 26.2 Å². The molecule has 0 rings (SSSR count). The van der Waals surface area contributed by atoms with Crippen molar-refractivity contribution in [3.63, 3.8) is 0 Å². The molecular formula is C14H32O4Si3. The van der Waals surface area contributed by atoms with E-state index in [0.29, 0.717) is 6.61 Å². The van der Waals surface area contributed by atoms with Gasteiger partial charge in [0.05, 0.1) is 16.1 Å². The Hall–Kier alpha value is -0.219. The van der Waals surface area contributed by atoms with Crippen LogP contribution in [0.15, 0.2) is 12.2 Å². The Balaban J connectivity index is 4.09. The number of esters is 1. The van der Waals surface area contributed by atoms with Crippen LogP contribution >= 0.6 is 0 Å². The summed E-state index contributed by atoms with van der Waals surface area (Å²) in [6.45, 7) is 15.5. The van der Waals surface area contributed by atoms with Gasteiger partial charge in [-0.05, 0) is 52.6 Å². The molecule has 0 aliphatic carbocycles. The number of ether oxygens (including phenoxy) is 1. The van der Waals surface area contributed by atoms with Crippen LogP contribution in [0.25, 0.3) is 0 Å². The fraction of sp³-hybridized carbons (Fsp3) is 0.786. The number of hydrogen-bond acceptors (Lipinski definition) is 4. The number of allylic oxidation sites excluding steroid dienone is 1. The summed E-state index contributed by atoms with van der Waals surface area (Å²) in [6, 6.07) is 1.07. The molecule has 7 heteroatoms. The highest BCUT2D eigenvalue weighted by Gasteiger charge is 2.26. The SMILES string of the molecule is CC=CC(=O)OCCC[SiH2]C(O[Si](C)(C)C)O[Si](C)(C)C. The molecule has 0 aromatic rings. The summed E-state index contributed by atoms with van der Waals surface area (Å²) in [6.07, 6.45) is 4.04. The summed E-state index contributed by atoms with van der Waals surface area (Å²) in [7, 11) is -3.63. The zero-order chi connectivity index (χ0) is 16.5. The Morgan fingerprint density at radius 3 is 2.05 bits per heavy atom. The molecule has 0 unspecified atom stereocenters. The Morgan fingerprint density at radius 2 is 1.62 bits per heavy atom. The van der Waals surface area contributed by atoms with Crippen LogP contribution in [-0.4, -0.2) is 44.6 Å². The van der Waals surface area contributed by atoms with E-state index in [2.05, 4.69) is 39.3 Å². The topological polar surface area (TPSA) is 44.8 Å². The Bertz CT molecular complexity index is 316. The normalized spacial score (nSPS) is 13.7. The zero-order valence-corrected chi connectivity index (χ0v) is 18.1. The minimum atomic E-state index is -1.58. The van der Waals surface area contributed by atoms with Gasteiger partial charge in [0, 0.05) is 6.08 Å². The van der Waals surface area contributed by atoms with Crippen LogP contribution in [0.1, 0.15) is 13.3 Å². The van der Waals surface area contributed by atoms with Crippen molar-refractivity contribution in [3.05, 3.63) is 12.2 Å². The Labute approximate surface area is 134 Å². The molecule has 0 saturated heterocycles. The predicted molar refractivity (Wildman–Crippen MR) is 96.4 cm³/mol.